The normalized spacial score (nSPS) is 15.8. The zero-order valence-corrected chi connectivity index (χ0v) is 11.3. The quantitative estimate of drug-likeness (QED) is 0.767. The Kier molecular flexibility index (Phi) is 4.72. The highest BCUT2D eigenvalue weighted by Crippen LogP contribution is 2.38. The summed E-state index contributed by atoms with van der Waals surface area (Å²) >= 11 is 0. The highest BCUT2D eigenvalue weighted by atomic mass is 16.5. The van der Waals surface area contributed by atoms with Crippen molar-refractivity contribution in [3.05, 3.63) is 11.7 Å². The van der Waals surface area contributed by atoms with Crippen molar-refractivity contribution in [2.75, 3.05) is 13.2 Å². The molecule has 0 unspecified atom stereocenters. The van der Waals surface area contributed by atoms with E-state index in [0.717, 1.165) is 18.7 Å². The molecule has 5 heteroatoms. The van der Waals surface area contributed by atoms with E-state index in [4.69, 9.17) is 9.63 Å². The molecule has 1 aliphatic rings. The van der Waals surface area contributed by atoms with Crippen LogP contribution >= 0.6 is 0 Å². The second-order valence-corrected chi connectivity index (χ2v) is 4.98. The summed E-state index contributed by atoms with van der Waals surface area (Å²) in [6, 6.07) is 0.466. The first kappa shape index (κ1) is 13.5. The summed E-state index contributed by atoms with van der Waals surface area (Å²) in [5, 5.41) is 13.2. The maximum Gasteiger partial charge on any atom is 0.240 e. The van der Waals surface area contributed by atoms with Gasteiger partial charge in [0.05, 0.1) is 13.2 Å². The van der Waals surface area contributed by atoms with Crippen LogP contribution in [-0.4, -0.2) is 39.3 Å². The van der Waals surface area contributed by atoms with Gasteiger partial charge in [0.15, 0.2) is 5.82 Å². The number of nitrogens with zero attached hydrogens (tertiary/aromatic N) is 3. The number of aliphatic hydroxyl groups is 1. The summed E-state index contributed by atoms with van der Waals surface area (Å²) in [5.41, 5.74) is 0. The second kappa shape index (κ2) is 6.29. The van der Waals surface area contributed by atoms with Crippen molar-refractivity contribution in [2.24, 2.45) is 0 Å². The van der Waals surface area contributed by atoms with Crippen molar-refractivity contribution in [3.8, 4) is 0 Å². The Balaban J connectivity index is 1.97. The van der Waals surface area contributed by atoms with Gasteiger partial charge in [-0.25, -0.2) is 0 Å². The molecular weight excluding hydrogens is 230 g/mol. The van der Waals surface area contributed by atoms with Crippen molar-refractivity contribution in [3.63, 3.8) is 0 Å². The highest BCUT2D eigenvalue weighted by Gasteiger charge is 2.29. The fourth-order valence-corrected chi connectivity index (χ4v) is 2.34. The summed E-state index contributed by atoms with van der Waals surface area (Å²) in [6.45, 7) is 5.81. The maximum absolute atomic E-state index is 9.15. The molecule has 2 rings (SSSR count). The molecule has 18 heavy (non-hydrogen) atoms. The van der Waals surface area contributed by atoms with Gasteiger partial charge in [-0.1, -0.05) is 19.0 Å². The number of aliphatic hydroxyl groups excluding tert-OH is 1. The van der Waals surface area contributed by atoms with Crippen LogP contribution < -0.4 is 0 Å². The molecule has 0 aliphatic heterocycles. The first-order valence-electron chi connectivity index (χ1n) is 6.95. The summed E-state index contributed by atoms with van der Waals surface area (Å²) in [6.07, 6.45) is 4.51. The van der Waals surface area contributed by atoms with Crippen molar-refractivity contribution in [2.45, 2.75) is 58.0 Å². The maximum atomic E-state index is 9.15. The molecule has 5 nitrogen and oxygen atoms in total. The summed E-state index contributed by atoms with van der Waals surface area (Å²) in [4.78, 5) is 6.67. The third-order valence-corrected chi connectivity index (χ3v) is 3.61. The van der Waals surface area contributed by atoms with Crippen LogP contribution in [0.3, 0.4) is 0 Å². The van der Waals surface area contributed by atoms with Crippen LogP contribution in [0.2, 0.25) is 0 Å². The van der Waals surface area contributed by atoms with Gasteiger partial charge in [-0.15, -0.1) is 0 Å². The van der Waals surface area contributed by atoms with E-state index in [1.807, 2.05) is 0 Å². The van der Waals surface area contributed by atoms with E-state index in [-0.39, 0.29) is 6.61 Å². The number of hydrogen-bond acceptors (Lipinski definition) is 5. The minimum Gasteiger partial charge on any atom is -0.395 e. The molecule has 1 aliphatic carbocycles. The van der Waals surface area contributed by atoms with Gasteiger partial charge in [0.1, 0.15) is 0 Å². The molecule has 1 heterocycles. The lowest BCUT2D eigenvalue weighted by Crippen LogP contribution is -2.36. The van der Waals surface area contributed by atoms with Crippen LogP contribution in [0, 0.1) is 0 Å². The van der Waals surface area contributed by atoms with Gasteiger partial charge >= 0.3 is 0 Å². The van der Waals surface area contributed by atoms with Crippen LogP contribution in [0.25, 0.3) is 0 Å². The summed E-state index contributed by atoms with van der Waals surface area (Å²) in [7, 11) is 0. The van der Waals surface area contributed by atoms with E-state index in [1.54, 1.807) is 0 Å². The second-order valence-electron chi connectivity index (χ2n) is 4.98. The van der Waals surface area contributed by atoms with Gasteiger partial charge in [-0.05, 0) is 25.7 Å². The van der Waals surface area contributed by atoms with E-state index in [0.29, 0.717) is 30.9 Å². The average molecular weight is 253 g/mol. The lowest BCUT2D eigenvalue weighted by molar-refractivity contribution is 0.122. The monoisotopic (exact) mass is 253 g/mol. The Morgan fingerprint density at radius 2 is 2.11 bits per heavy atom. The SMILES string of the molecule is CCC(CC)N(CCO)Cc1nc(C2CC2)no1. The molecule has 1 aromatic rings. The van der Waals surface area contributed by atoms with Gasteiger partial charge in [0, 0.05) is 18.5 Å². The van der Waals surface area contributed by atoms with E-state index >= 15 is 0 Å². The van der Waals surface area contributed by atoms with E-state index in [9.17, 15) is 0 Å². The van der Waals surface area contributed by atoms with Gasteiger partial charge in [-0.2, -0.15) is 4.98 Å². The Hall–Kier alpha value is -0.940. The minimum atomic E-state index is 0.167. The van der Waals surface area contributed by atoms with Crippen LogP contribution in [-0.2, 0) is 6.54 Å². The van der Waals surface area contributed by atoms with Crippen LogP contribution in [0.15, 0.2) is 4.52 Å². The third-order valence-electron chi connectivity index (χ3n) is 3.61. The molecule has 0 bridgehead atoms. The highest BCUT2D eigenvalue weighted by molar-refractivity contribution is 5.03. The minimum absolute atomic E-state index is 0.167. The topological polar surface area (TPSA) is 62.4 Å². The Labute approximate surface area is 108 Å². The molecule has 102 valence electrons. The first-order valence-corrected chi connectivity index (χ1v) is 6.95. The molecule has 0 saturated heterocycles. The van der Waals surface area contributed by atoms with Gasteiger partial charge in [-0.3, -0.25) is 4.90 Å². The van der Waals surface area contributed by atoms with Crippen LogP contribution in [0.1, 0.15) is 57.2 Å². The zero-order valence-electron chi connectivity index (χ0n) is 11.3. The van der Waals surface area contributed by atoms with Gasteiger partial charge < -0.3 is 9.63 Å². The predicted molar refractivity (Wildman–Crippen MR) is 68.1 cm³/mol. The smallest absolute Gasteiger partial charge is 0.240 e. The molecule has 0 spiro atoms. The lowest BCUT2D eigenvalue weighted by atomic mass is 10.1. The number of rotatable bonds is 8. The molecule has 1 N–H and O–H groups in total. The molecule has 1 saturated carbocycles. The Morgan fingerprint density at radius 3 is 2.67 bits per heavy atom. The van der Waals surface area contributed by atoms with Crippen molar-refractivity contribution in [1.82, 2.24) is 15.0 Å². The molecule has 0 aromatic carbocycles. The summed E-state index contributed by atoms with van der Waals surface area (Å²) < 4.78 is 5.30. The first-order chi connectivity index (χ1) is 8.78. The summed E-state index contributed by atoms with van der Waals surface area (Å²) in [5.74, 6) is 2.07. The average Bonchev–Trinajstić information content (AvgIpc) is 3.12. The molecular formula is C13H23N3O2. The lowest BCUT2D eigenvalue weighted by Gasteiger charge is -2.28. The van der Waals surface area contributed by atoms with Gasteiger partial charge in [0.2, 0.25) is 5.89 Å². The fraction of sp³-hybridized carbons (Fsp3) is 0.846. The number of hydrogen-bond donors (Lipinski definition) is 1. The third kappa shape index (κ3) is 3.29. The number of aromatic nitrogens is 2. The van der Waals surface area contributed by atoms with Gasteiger partial charge in [0.25, 0.3) is 0 Å². The van der Waals surface area contributed by atoms with E-state index in [1.165, 1.54) is 12.8 Å². The molecule has 0 atom stereocenters. The van der Waals surface area contributed by atoms with E-state index in [2.05, 4.69) is 28.9 Å². The standard InChI is InChI=1S/C13H23N3O2/c1-3-11(4-2)16(7-8-17)9-12-14-13(15-18-12)10-5-6-10/h10-11,17H,3-9H2,1-2H3. The molecule has 1 aromatic heterocycles. The Morgan fingerprint density at radius 1 is 1.39 bits per heavy atom. The van der Waals surface area contributed by atoms with Crippen molar-refractivity contribution >= 4 is 0 Å². The van der Waals surface area contributed by atoms with Crippen molar-refractivity contribution < 1.29 is 9.63 Å². The molecule has 0 amide bonds. The van der Waals surface area contributed by atoms with Crippen LogP contribution in [0.5, 0.6) is 0 Å². The van der Waals surface area contributed by atoms with Crippen molar-refractivity contribution in [1.29, 1.82) is 0 Å². The Bertz CT molecular complexity index is 359. The molecule has 1 fully saturated rings. The molecule has 0 radical (unpaired) electrons. The fourth-order valence-electron chi connectivity index (χ4n) is 2.34. The zero-order chi connectivity index (χ0) is 13.0. The van der Waals surface area contributed by atoms with Crippen LogP contribution in [0.4, 0.5) is 0 Å². The predicted octanol–water partition coefficient (Wildman–Crippen LogP) is 1.93. The largest absolute Gasteiger partial charge is 0.395 e. The van der Waals surface area contributed by atoms with E-state index < -0.39 is 0 Å².